The van der Waals surface area contributed by atoms with E-state index in [-0.39, 0.29) is 11.7 Å². The first-order chi connectivity index (χ1) is 9.51. The van der Waals surface area contributed by atoms with Crippen LogP contribution in [0, 0.1) is 0 Å². The van der Waals surface area contributed by atoms with Crippen molar-refractivity contribution in [3.8, 4) is 0 Å². The third kappa shape index (κ3) is 5.52. The van der Waals surface area contributed by atoms with Gasteiger partial charge in [-0.1, -0.05) is 53.2 Å². The number of hydrogen-bond acceptors (Lipinski definition) is 3. The summed E-state index contributed by atoms with van der Waals surface area (Å²) in [5.41, 5.74) is 1.04. The third-order valence-corrected chi connectivity index (χ3v) is 5.53. The molecule has 114 valence electrons. The highest BCUT2D eigenvalue weighted by Crippen LogP contribution is 2.18. The van der Waals surface area contributed by atoms with Gasteiger partial charge in [-0.2, -0.15) is 4.31 Å². The Morgan fingerprint density at radius 3 is 2.45 bits per heavy atom. The van der Waals surface area contributed by atoms with Crippen LogP contribution < -0.4 is 0 Å². The first-order valence-corrected chi connectivity index (χ1v) is 9.32. The van der Waals surface area contributed by atoms with Gasteiger partial charge >= 0.3 is 0 Å². The van der Waals surface area contributed by atoms with Crippen LogP contribution in [0.2, 0.25) is 0 Å². The average molecular weight is 364 g/mol. The molecule has 0 amide bonds. The highest BCUT2D eigenvalue weighted by molar-refractivity contribution is 9.09. The second-order valence-corrected chi connectivity index (χ2v) is 7.48. The van der Waals surface area contributed by atoms with Crippen LogP contribution in [0.1, 0.15) is 18.4 Å². The highest BCUT2D eigenvalue weighted by Gasteiger charge is 2.24. The van der Waals surface area contributed by atoms with Gasteiger partial charge in [-0.3, -0.25) is 0 Å². The lowest BCUT2D eigenvalue weighted by atomic mass is 10.0. The maximum absolute atomic E-state index is 12.5. The highest BCUT2D eigenvalue weighted by atomic mass is 79.9. The number of alkyl halides is 1. The summed E-state index contributed by atoms with van der Waals surface area (Å²) in [7, 11) is -1.71. The van der Waals surface area contributed by atoms with E-state index >= 15 is 0 Å². The topological polar surface area (TPSA) is 46.6 Å². The van der Waals surface area contributed by atoms with Crippen LogP contribution in [-0.2, 0) is 14.8 Å². The zero-order valence-corrected chi connectivity index (χ0v) is 14.4. The van der Waals surface area contributed by atoms with E-state index in [0.717, 1.165) is 5.56 Å². The largest absolute Gasteiger partial charge is 0.383 e. The molecule has 6 heteroatoms. The van der Waals surface area contributed by atoms with Gasteiger partial charge in [-0.15, -0.1) is 0 Å². The summed E-state index contributed by atoms with van der Waals surface area (Å²) in [5.74, 6) is 0.0925. The van der Waals surface area contributed by atoms with Crippen LogP contribution in [0.3, 0.4) is 0 Å². The van der Waals surface area contributed by atoms with Crippen molar-refractivity contribution in [2.45, 2.75) is 12.8 Å². The Hall–Kier alpha value is -0.430. The molecule has 0 saturated heterocycles. The first kappa shape index (κ1) is 17.6. The summed E-state index contributed by atoms with van der Waals surface area (Å²) in [6.45, 7) is 3.21. The van der Waals surface area contributed by atoms with Gasteiger partial charge in [0, 0.05) is 25.5 Å². The molecule has 0 spiro atoms. The molecule has 20 heavy (non-hydrogen) atoms. The van der Waals surface area contributed by atoms with E-state index in [9.17, 15) is 8.42 Å². The number of halogens is 1. The minimum absolute atomic E-state index is 0.0263. The average Bonchev–Trinajstić information content (AvgIpc) is 2.43. The van der Waals surface area contributed by atoms with Crippen molar-refractivity contribution in [3.63, 3.8) is 0 Å². The zero-order valence-electron chi connectivity index (χ0n) is 12.0. The molecule has 0 aliphatic heterocycles. The fraction of sp³-hybridized carbons (Fsp3) is 0.571. The van der Waals surface area contributed by atoms with Crippen molar-refractivity contribution in [3.05, 3.63) is 35.9 Å². The fourth-order valence-corrected chi connectivity index (χ4v) is 4.40. The molecular formula is C14H22BrNO3S. The van der Waals surface area contributed by atoms with Crippen LogP contribution in [0.25, 0.3) is 0 Å². The Morgan fingerprint density at radius 2 is 1.90 bits per heavy atom. The quantitative estimate of drug-likeness (QED) is 0.633. The molecular weight excluding hydrogens is 342 g/mol. The van der Waals surface area contributed by atoms with Gasteiger partial charge in [0.2, 0.25) is 10.0 Å². The maximum Gasteiger partial charge on any atom is 0.214 e. The second kappa shape index (κ2) is 8.77. The van der Waals surface area contributed by atoms with Crippen LogP contribution in [0.4, 0.5) is 0 Å². The smallest absolute Gasteiger partial charge is 0.214 e. The molecule has 0 fully saturated rings. The van der Waals surface area contributed by atoms with E-state index in [0.29, 0.717) is 25.0 Å². The molecule has 0 bridgehead atoms. The number of benzene rings is 1. The van der Waals surface area contributed by atoms with Gasteiger partial charge in [0.25, 0.3) is 0 Å². The number of nitrogens with zero attached hydrogens (tertiary/aromatic N) is 1. The lowest BCUT2D eigenvalue weighted by Gasteiger charge is -2.23. The SMILES string of the molecule is COCCN(CCBr)S(=O)(=O)CC(C)c1ccccc1. The maximum atomic E-state index is 12.5. The Labute approximate surface area is 130 Å². The van der Waals surface area contributed by atoms with Crippen LogP contribution >= 0.6 is 15.9 Å². The molecule has 0 aliphatic rings. The van der Waals surface area contributed by atoms with Gasteiger partial charge in [-0.25, -0.2) is 8.42 Å². The van der Waals surface area contributed by atoms with Crippen LogP contribution in [-0.4, -0.2) is 50.6 Å². The molecule has 1 rings (SSSR count). The minimum atomic E-state index is -3.28. The van der Waals surface area contributed by atoms with Crippen molar-refractivity contribution < 1.29 is 13.2 Å². The minimum Gasteiger partial charge on any atom is -0.383 e. The Morgan fingerprint density at radius 1 is 1.25 bits per heavy atom. The molecule has 1 aromatic rings. The van der Waals surface area contributed by atoms with E-state index < -0.39 is 10.0 Å². The van der Waals surface area contributed by atoms with Gasteiger partial charge in [0.05, 0.1) is 12.4 Å². The number of ether oxygens (including phenoxy) is 1. The molecule has 0 N–H and O–H groups in total. The number of sulfonamides is 1. The summed E-state index contributed by atoms with van der Waals surface area (Å²) in [6.07, 6.45) is 0. The van der Waals surface area contributed by atoms with E-state index in [1.54, 1.807) is 7.11 Å². The van der Waals surface area contributed by atoms with E-state index in [2.05, 4.69) is 15.9 Å². The molecule has 0 aliphatic carbocycles. The summed E-state index contributed by atoms with van der Waals surface area (Å²) in [5, 5.41) is 0.621. The number of hydrogen-bond donors (Lipinski definition) is 0. The second-order valence-electron chi connectivity index (χ2n) is 4.67. The Balaban J connectivity index is 2.75. The summed E-state index contributed by atoms with van der Waals surface area (Å²) < 4.78 is 31.4. The summed E-state index contributed by atoms with van der Waals surface area (Å²) in [6, 6.07) is 9.72. The number of rotatable bonds is 9. The molecule has 0 saturated carbocycles. The lowest BCUT2D eigenvalue weighted by molar-refractivity contribution is 0.180. The van der Waals surface area contributed by atoms with Gasteiger partial charge in [-0.05, 0) is 11.5 Å². The number of methoxy groups -OCH3 is 1. The predicted octanol–water partition coefficient (Wildman–Crippen LogP) is 2.46. The van der Waals surface area contributed by atoms with Crippen molar-refractivity contribution >= 4 is 26.0 Å². The van der Waals surface area contributed by atoms with E-state index in [1.807, 2.05) is 37.3 Å². The summed E-state index contributed by atoms with van der Waals surface area (Å²) in [4.78, 5) is 0. The van der Waals surface area contributed by atoms with Crippen molar-refractivity contribution in [2.24, 2.45) is 0 Å². The van der Waals surface area contributed by atoms with Crippen LogP contribution in [0.5, 0.6) is 0 Å². The van der Waals surface area contributed by atoms with Crippen molar-refractivity contribution in [1.29, 1.82) is 0 Å². The standard InChI is InChI=1S/C14H22BrNO3S/c1-13(14-6-4-3-5-7-14)12-20(17,18)16(9-8-15)10-11-19-2/h3-7,13H,8-12H2,1-2H3. The van der Waals surface area contributed by atoms with Crippen LogP contribution in [0.15, 0.2) is 30.3 Å². The molecule has 1 unspecified atom stereocenters. The fourth-order valence-electron chi connectivity index (χ4n) is 1.98. The van der Waals surface area contributed by atoms with E-state index in [4.69, 9.17) is 4.74 Å². The van der Waals surface area contributed by atoms with Gasteiger partial charge < -0.3 is 4.74 Å². The molecule has 0 radical (unpaired) electrons. The monoisotopic (exact) mass is 363 g/mol. The normalized spacial score (nSPS) is 13.6. The molecule has 0 aromatic heterocycles. The van der Waals surface area contributed by atoms with Gasteiger partial charge in [0.15, 0.2) is 0 Å². The molecule has 0 heterocycles. The Kier molecular flexibility index (Phi) is 7.72. The summed E-state index contributed by atoms with van der Waals surface area (Å²) >= 11 is 3.30. The molecule has 1 aromatic carbocycles. The first-order valence-electron chi connectivity index (χ1n) is 6.59. The molecule has 4 nitrogen and oxygen atoms in total. The molecule has 1 atom stereocenters. The van der Waals surface area contributed by atoms with E-state index in [1.165, 1.54) is 4.31 Å². The van der Waals surface area contributed by atoms with Crippen molar-refractivity contribution in [2.75, 3.05) is 37.9 Å². The van der Waals surface area contributed by atoms with Crippen molar-refractivity contribution in [1.82, 2.24) is 4.31 Å². The zero-order chi connectivity index (χ0) is 15.0. The Bertz CT molecular complexity index is 478. The lowest BCUT2D eigenvalue weighted by Crippen LogP contribution is -2.38. The third-order valence-electron chi connectivity index (χ3n) is 3.10. The predicted molar refractivity (Wildman–Crippen MR) is 85.9 cm³/mol. The van der Waals surface area contributed by atoms with Gasteiger partial charge in [0.1, 0.15) is 0 Å².